The maximum Gasteiger partial charge on any atom is 0.410 e. The van der Waals surface area contributed by atoms with Crippen LogP contribution in [0.1, 0.15) is 27.2 Å². The van der Waals surface area contributed by atoms with Crippen LogP contribution in [0.5, 0.6) is 5.88 Å². The molecule has 1 saturated heterocycles. The number of carbonyl (C=O) groups excluding carboxylic acids is 1. The Hall–Kier alpha value is -1.56. The first kappa shape index (κ1) is 15.8. The number of halogens is 1. The van der Waals surface area contributed by atoms with E-state index in [-0.39, 0.29) is 12.0 Å². The Morgan fingerprint density at radius 1 is 1.43 bits per heavy atom. The molecule has 1 aliphatic heterocycles. The maximum atomic E-state index is 11.9. The van der Waals surface area contributed by atoms with Gasteiger partial charge in [-0.25, -0.2) is 4.79 Å². The van der Waals surface area contributed by atoms with Crippen LogP contribution in [-0.2, 0) is 4.74 Å². The fourth-order valence-electron chi connectivity index (χ4n) is 2.04. The van der Waals surface area contributed by atoms with Crippen molar-refractivity contribution in [1.29, 1.82) is 0 Å². The van der Waals surface area contributed by atoms with Gasteiger partial charge in [-0.3, -0.25) is 0 Å². The molecule has 0 spiro atoms. The molecule has 0 saturated carbocycles. The van der Waals surface area contributed by atoms with Crippen molar-refractivity contribution in [3.05, 3.63) is 17.3 Å². The van der Waals surface area contributed by atoms with Crippen LogP contribution in [0.2, 0.25) is 5.15 Å². The zero-order valence-corrected chi connectivity index (χ0v) is 13.3. The van der Waals surface area contributed by atoms with Gasteiger partial charge in [0.05, 0.1) is 6.61 Å². The molecule has 1 aliphatic rings. The second-order valence-electron chi connectivity index (χ2n) is 6.09. The molecule has 0 N–H and O–H groups in total. The fraction of sp³-hybridized carbons (Fsp3) is 0.643. The average Bonchev–Trinajstić information content (AvgIpc) is 2.85. The van der Waals surface area contributed by atoms with E-state index in [0.29, 0.717) is 30.7 Å². The van der Waals surface area contributed by atoms with E-state index in [0.717, 1.165) is 6.42 Å². The van der Waals surface area contributed by atoms with Crippen molar-refractivity contribution in [2.45, 2.75) is 32.8 Å². The van der Waals surface area contributed by atoms with Gasteiger partial charge in [-0.1, -0.05) is 11.6 Å². The number of aromatic nitrogens is 2. The van der Waals surface area contributed by atoms with Gasteiger partial charge in [-0.05, 0) is 33.3 Å². The SMILES string of the molecule is CC(C)(C)OC(=O)N1CC[C@H](COc2ccc(Cl)nn2)C1. The molecule has 1 fully saturated rings. The monoisotopic (exact) mass is 313 g/mol. The minimum absolute atomic E-state index is 0.267. The van der Waals surface area contributed by atoms with Crippen molar-refractivity contribution in [2.24, 2.45) is 5.92 Å². The van der Waals surface area contributed by atoms with E-state index >= 15 is 0 Å². The van der Waals surface area contributed by atoms with E-state index in [2.05, 4.69) is 10.2 Å². The van der Waals surface area contributed by atoms with Gasteiger partial charge in [0.2, 0.25) is 5.88 Å². The summed E-state index contributed by atoms with van der Waals surface area (Å²) in [6, 6.07) is 3.31. The molecule has 1 aromatic rings. The van der Waals surface area contributed by atoms with Crippen LogP contribution in [-0.4, -0.2) is 46.5 Å². The Balaban J connectivity index is 1.77. The van der Waals surface area contributed by atoms with Gasteiger partial charge < -0.3 is 14.4 Å². The van der Waals surface area contributed by atoms with Gasteiger partial charge in [-0.15, -0.1) is 10.2 Å². The summed E-state index contributed by atoms with van der Waals surface area (Å²) < 4.78 is 10.9. The number of hydrogen-bond donors (Lipinski definition) is 0. The first-order valence-corrected chi connectivity index (χ1v) is 7.31. The van der Waals surface area contributed by atoms with Gasteiger partial charge in [0.25, 0.3) is 0 Å². The highest BCUT2D eigenvalue weighted by Crippen LogP contribution is 2.20. The normalized spacial score (nSPS) is 18.7. The van der Waals surface area contributed by atoms with Gasteiger partial charge in [0.15, 0.2) is 5.15 Å². The van der Waals surface area contributed by atoms with Crippen molar-refractivity contribution < 1.29 is 14.3 Å². The lowest BCUT2D eigenvalue weighted by atomic mass is 10.1. The minimum Gasteiger partial charge on any atom is -0.476 e. The Labute approximate surface area is 129 Å². The van der Waals surface area contributed by atoms with Crippen molar-refractivity contribution in [3.8, 4) is 5.88 Å². The fourth-order valence-corrected chi connectivity index (χ4v) is 2.15. The molecule has 116 valence electrons. The number of nitrogens with zero attached hydrogens (tertiary/aromatic N) is 3. The second kappa shape index (κ2) is 6.47. The smallest absolute Gasteiger partial charge is 0.410 e. The number of ether oxygens (including phenoxy) is 2. The van der Waals surface area contributed by atoms with E-state index in [1.165, 1.54) is 0 Å². The average molecular weight is 314 g/mol. The van der Waals surface area contributed by atoms with Gasteiger partial charge in [0.1, 0.15) is 5.60 Å². The molecule has 2 rings (SSSR count). The summed E-state index contributed by atoms with van der Waals surface area (Å²) in [6.45, 7) is 7.41. The predicted octanol–water partition coefficient (Wildman–Crippen LogP) is 2.77. The summed E-state index contributed by atoms with van der Waals surface area (Å²) in [7, 11) is 0. The molecule has 7 heteroatoms. The van der Waals surface area contributed by atoms with Crippen LogP contribution >= 0.6 is 11.6 Å². The lowest BCUT2D eigenvalue weighted by Crippen LogP contribution is -2.35. The summed E-state index contributed by atoms with van der Waals surface area (Å²) in [4.78, 5) is 13.7. The van der Waals surface area contributed by atoms with Crippen LogP contribution in [0, 0.1) is 5.92 Å². The van der Waals surface area contributed by atoms with Crippen LogP contribution in [0.25, 0.3) is 0 Å². The molecule has 6 nitrogen and oxygen atoms in total. The largest absolute Gasteiger partial charge is 0.476 e. The molecule has 1 atom stereocenters. The number of carbonyl (C=O) groups is 1. The Morgan fingerprint density at radius 2 is 2.19 bits per heavy atom. The van der Waals surface area contributed by atoms with Crippen molar-refractivity contribution >= 4 is 17.7 Å². The molecule has 2 heterocycles. The number of likely N-dealkylation sites (tertiary alicyclic amines) is 1. The summed E-state index contributed by atoms with van der Waals surface area (Å²) in [5.41, 5.74) is -0.468. The highest BCUT2D eigenvalue weighted by molar-refractivity contribution is 6.29. The predicted molar refractivity (Wildman–Crippen MR) is 78.5 cm³/mol. The van der Waals surface area contributed by atoms with E-state index in [1.807, 2.05) is 20.8 Å². The first-order chi connectivity index (χ1) is 9.83. The lowest BCUT2D eigenvalue weighted by Gasteiger charge is -2.24. The zero-order chi connectivity index (χ0) is 15.5. The molecule has 1 aromatic heterocycles. The molecule has 0 aromatic carbocycles. The quantitative estimate of drug-likeness (QED) is 0.858. The van der Waals surface area contributed by atoms with E-state index in [4.69, 9.17) is 21.1 Å². The molecule has 1 amide bonds. The maximum absolute atomic E-state index is 11.9. The zero-order valence-electron chi connectivity index (χ0n) is 12.5. The van der Waals surface area contributed by atoms with Crippen molar-refractivity contribution in [1.82, 2.24) is 15.1 Å². The standard InChI is InChI=1S/C14H20ClN3O3/c1-14(2,3)21-13(19)18-7-6-10(8-18)9-20-12-5-4-11(15)16-17-12/h4-5,10H,6-9H2,1-3H3/t10-/m0/s1. The van der Waals surface area contributed by atoms with E-state index < -0.39 is 5.60 Å². The molecule has 0 bridgehead atoms. The van der Waals surface area contributed by atoms with E-state index in [1.54, 1.807) is 17.0 Å². The second-order valence-corrected chi connectivity index (χ2v) is 6.47. The Bertz CT molecular complexity index is 487. The first-order valence-electron chi connectivity index (χ1n) is 6.93. The third kappa shape index (κ3) is 5.04. The molecular formula is C14H20ClN3O3. The number of rotatable bonds is 3. The third-order valence-electron chi connectivity index (χ3n) is 3.01. The van der Waals surface area contributed by atoms with E-state index in [9.17, 15) is 4.79 Å². The summed E-state index contributed by atoms with van der Waals surface area (Å²) >= 11 is 5.66. The van der Waals surface area contributed by atoms with Gasteiger partial charge in [0, 0.05) is 25.1 Å². The van der Waals surface area contributed by atoms with Crippen LogP contribution in [0.3, 0.4) is 0 Å². The van der Waals surface area contributed by atoms with Crippen LogP contribution in [0.15, 0.2) is 12.1 Å². The molecule has 0 unspecified atom stereocenters. The van der Waals surface area contributed by atoms with Crippen LogP contribution < -0.4 is 4.74 Å². The summed E-state index contributed by atoms with van der Waals surface area (Å²) in [6.07, 6.45) is 0.622. The van der Waals surface area contributed by atoms with Gasteiger partial charge in [-0.2, -0.15) is 0 Å². The molecule has 0 radical (unpaired) electrons. The highest BCUT2D eigenvalue weighted by Gasteiger charge is 2.30. The van der Waals surface area contributed by atoms with Crippen molar-refractivity contribution in [2.75, 3.05) is 19.7 Å². The Morgan fingerprint density at radius 3 is 2.81 bits per heavy atom. The lowest BCUT2D eigenvalue weighted by molar-refractivity contribution is 0.0284. The van der Waals surface area contributed by atoms with Crippen LogP contribution in [0.4, 0.5) is 4.79 Å². The highest BCUT2D eigenvalue weighted by atomic mass is 35.5. The summed E-state index contributed by atoms with van der Waals surface area (Å²) in [5, 5.41) is 7.88. The molecule has 0 aliphatic carbocycles. The molecular weight excluding hydrogens is 294 g/mol. The molecule has 21 heavy (non-hydrogen) atoms. The topological polar surface area (TPSA) is 64.5 Å². The minimum atomic E-state index is -0.468. The summed E-state index contributed by atoms with van der Waals surface area (Å²) in [5.74, 6) is 0.713. The third-order valence-corrected chi connectivity index (χ3v) is 3.21. The number of hydrogen-bond acceptors (Lipinski definition) is 5. The van der Waals surface area contributed by atoms with Gasteiger partial charge >= 0.3 is 6.09 Å². The van der Waals surface area contributed by atoms with Crippen molar-refractivity contribution in [3.63, 3.8) is 0 Å². The number of amides is 1. The Kier molecular flexibility index (Phi) is 4.88.